The first-order valence-electron chi connectivity index (χ1n) is 8.65. The minimum Gasteiger partial charge on any atom is -0.493 e. The third-order valence-corrected chi connectivity index (χ3v) is 5.35. The molecule has 3 N–H and O–H groups in total. The molecule has 2 aromatic carbocycles. The maximum atomic E-state index is 14.1. The maximum absolute atomic E-state index is 14.1. The molecule has 0 amide bonds. The zero-order valence-corrected chi connectivity index (χ0v) is 16.5. The van der Waals surface area contributed by atoms with Gasteiger partial charge in [-0.3, -0.25) is 9.56 Å². The van der Waals surface area contributed by atoms with E-state index in [9.17, 15) is 23.8 Å². The summed E-state index contributed by atoms with van der Waals surface area (Å²) >= 11 is 11.4. The van der Waals surface area contributed by atoms with Crippen molar-refractivity contribution >= 4 is 46.8 Å². The number of nitrogens with one attached hydrogen (secondary N) is 1. The summed E-state index contributed by atoms with van der Waals surface area (Å²) in [6.45, 7) is -0.587. The molecule has 1 aliphatic rings. The summed E-state index contributed by atoms with van der Waals surface area (Å²) in [4.78, 5) is 18.9. The lowest BCUT2D eigenvalue weighted by molar-refractivity contribution is 0.237. The Hall–Kier alpha value is -2.94. The summed E-state index contributed by atoms with van der Waals surface area (Å²) < 4.78 is 28.8. The van der Waals surface area contributed by atoms with Crippen LogP contribution < -0.4 is 5.69 Å². The summed E-state index contributed by atoms with van der Waals surface area (Å²) in [5.41, 5.74) is 0.439. The van der Waals surface area contributed by atoms with Gasteiger partial charge in [-0.05, 0) is 29.8 Å². The highest BCUT2D eigenvalue weighted by atomic mass is 35.5. The Balaban J connectivity index is 1.78. The van der Waals surface area contributed by atoms with Crippen LogP contribution >= 0.6 is 23.2 Å². The van der Waals surface area contributed by atoms with Crippen molar-refractivity contribution in [1.82, 2.24) is 9.55 Å². The van der Waals surface area contributed by atoms with Crippen molar-refractivity contribution in [3.05, 3.63) is 79.3 Å². The van der Waals surface area contributed by atoms with Crippen LogP contribution in [-0.4, -0.2) is 32.6 Å². The lowest BCUT2D eigenvalue weighted by atomic mass is 10.1. The van der Waals surface area contributed by atoms with Gasteiger partial charge in [-0.2, -0.15) is 0 Å². The van der Waals surface area contributed by atoms with Gasteiger partial charge in [-0.25, -0.2) is 13.6 Å². The highest BCUT2D eigenvalue weighted by molar-refractivity contribution is 6.32. The molecule has 1 atom stereocenters. The molecular formula is C20H13Cl2F2N3O3. The van der Waals surface area contributed by atoms with E-state index in [-0.39, 0.29) is 27.0 Å². The Morgan fingerprint density at radius 2 is 1.93 bits per heavy atom. The molecule has 6 nitrogen and oxygen atoms in total. The van der Waals surface area contributed by atoms with E-state index in [2.05, 4.69) is 9.98 Å². The normalized spacial score (nSPS) is 15.0. The molecule has 0 aliphatic carbocycles. The van der Waals surface area contributed by atoms with Crippen LogP contribution in [0, 0.1) is 11.6 Å². The number of aromatic amines is 1. The topological polar surface area (TPSA) is 90.6 Å². The molecule has 0 saturated heterocycles. The zero-order valence-electron chi connectivity index (χ0n) is 15.0. The first kappa shape index (κ1) is 20.3. The number of aromatic hydroxyl groups is 1. The van der Waals surface area contributed by atoms with Crippen molar-refractivity contribution < 1.29 is 19.0 Å². The quantitative estimate of drug-likeness (QED) is 0.551. The predicted molar refractivity (Wildman–Crippen MR) is 111 cm³/mol. The van der Waals surface area contributed by atoms with Crippen LogP contribution in [0.4, 0.5) is 14.5 Å². The molecule has 154 valence electrons. The van der Waals surface area contributed by atoms with Crippen LogP contribution in [0.15, 0.2) is 40.1 Å². The van der Waals surface area contributed by atoms with Gasteiger partial charge in [0, 0.05) is 17.4 Å². The van der Waals surface area contributed by atoms with Gasteiger partial charge in [0.2, 0.25) is 5.88 Å². The third-order valence-electron chi connectivity index (χ3n) is 4.76. The average Bonchev–Trinajstić information content (AvgIpc) is 3.24. The minimum absolute atomic E-state index is 0.0116. The van der Waals surface area contributed by atoms with E-state index in [0.29, 0.717) is 11.1 Å². The predicted octanol–water partition coefficient (Wildman–Crippen LogP) is 4.31. The average molecular weight is 452 g/mol. The highest BCUT2D eigenvalue weighted by Crippen LogP contribution is 2.38. The molecule has 1 unspecified atom stereocenters. The lowest BCUT2D eigenvalue weighted by Crippen LogP contribution is -2.25. The second-order valence-corrected chi connectivity index (χ2v) is 7.34. The summed E-state index contributed by atoms with van der Waals surface area (Å²) in [7, 11) is 0. The Labute approximate surface area is 178 Å². The van der Waals surface area contributed by atoms with Gasteiger partial charge in [0.05, 0.1) is 22.7 Å². The lowest BCUT2D eigenvalue weighted by Gasteiger charge is -2.16. The first-order chi connectivity index (χ1) is 14.3. The third kappa shape index (κ3) is 3.32. The van der Waals surface area contributed by atoms with E-state index in [4.69, 9.17) is 23.2 Å². The standard InChI is InChI=1S/C20H13Cl2F2N3O3/c21-12-3-1-9(5-14(12)23)16(8-28)27-19(29)15(26-20(27)30)6-10-7-25-18-11(10)2-4-13(22)17(18)24/h1-7,16,28-29H,8H2,(H,26,30)/b10-6+. The molecule has 0 spiro atoms. The van der Waals surface area contributed by atoms with Gasteiger partial charge in [-0.1, -0.05) is 35.3 Å². The van der Waals surface area contributed by atoms with Crippen molar-refractivity contribution in [1.29, 1.82) is 0 Å². The summed E-state index contributed by atoms with van der Waals surface area (Å²) in [5, 5.41) is 20.2. The number of hydrogen-bond acceptors (Lipinski definition) is 4. The van der Waals surface area contributed by atoms with E-state index in [1.54, 1.807) is 6.07 Å². The SMILES string of the molecule is O=c1[nH]c(/C=C2\C=Nc3c2ccc(Cl)c3F)c(O)n1C(CO)c1ccc(Cl)c(F)c1. The van der Waals surface area contributed by atoms with Crippen LogP contribution in [-0.2, 0) is 0 Å². The van der Waals surface area contributed by atoms with Gasteiger partial charge in [0.15, 0.2) is 5.82 Å². The number of imidazole rings is 1. The maximum Gasteiger partial charge on any atom is 0.329 e. The smallest absolute Gasteiger partial charge is 0.329 e. The fourth-order valence-corrected chi connectivity index (χ4v) is 3.55. The number of rotatable bonds is 4. The Kier molecular flexibility index (Phi) is 5.23. The second-order valence-electron chi connectivity index (χ2n) is 6.52. The number of aromatic nitrogens is 2. The molecule has 0 radical (unpaired) electrons. The largest absolute Gasteiger partial charge is 0.493 e. The van der Waals surface area contributed by atoms with Crippen LogP contribution in [0.1, 0.15) is 22.9 Å². The van der Waals surface area contributed by atoms with E-state index >= 15 is 0 Å². The molecule has 1 aliphatic heterocycles. The molecular weight excluding hydrogens is 439 g/mol. The molecule has 4 rings (SSSR count). The van der Waals surface area contributed by atoms with Gasteiger partial charge in [0.1, 0.15) is 17.2 Å². The van der Waals surface area contributed by atoms with Crippen molar-refractivity contribution in [3.63, 3.8) is 0 Å². The fraction of sp³-hybridized carbons (Fsp3) is 0.100. The number of aliphatic hydroxyl groups excluding tert-OH is 1. The van der Waals surface area contributed by atoms with E-state index in [1.807, 2.05) is 0 Å². The summed E-state index contributed by atoms with van der Waals surface area (Å²) in [6, 6.07) is 5.69. The number of halogens is 4. The molecule has 10 heteroatoms. The number of aliphatic imine (C=N–C) groups is 1. The number of H-pyrrole nitrogens is 1. The molecule has 30 heavy (non-hydrogen) atoms. The Bertz CT molecular complexity index is 1280. The van der Waals surface area contributed by atoms with E-state index < -0.39 is 35.9 Å². The van der Waals surface area contributed by atoms with Crippen molar-refractivity contribution in [2.75, 3.05) is 6.61 Å². The van der Waals surface area contributed by atoms with Crippen molar-refractivity contribution in [2.45, 2.75) is 6.04 Å². The molecule has 0 bridgehead atoms. The van der Waals surface area contributed by atoms with Crippen LogP contribution in [0.25, 0.3) is 11.6 Å². The number of nitrogens with zero attached hydrogens (tertiary/aromatic N) is 2. The van der Waals surface area contributed by atoms with Gasteiger partial charge >= 0.3 is 5.69 Å². The first-order valence-corrected chi connectivity index (χ1v) is 9.40. The van der Waals surface area contributed by atoms with Gasteiger partial charge < -0.3 is 15.2 Å². The number of aliphatic hydroxyl groups is 1. The van der Waals surface area contributed by atoms with Crippen LogP contribution in [0.5, 0.6) is 5.88 Å². The van der Waals surface area contributed by atoms with Crippen LogP contribution in [0.2, 0.25) is 10.0 Å². The second kappa shape index (κ2) is 7.71. The highest BCUT2D eigenvalue weighted by Gasteiger charge is 2.24. The van der Waals surface area contributed by atoms with E-state index in [1.165, 1.54) is 30.5 Å². The number of benzene rings is 2. The molecule has 0 fully saturated rings. The van der Waals surface area contributed by atoms with Crippen molar-refractivity contribution in [3.8, 4) is 5.88 Å². The number of hydrogen-bond donors (Lipinski definition) is 3. The molecule has 1 aromatic heterocycles. The summed E-state index contributed by atoms with van der Waals surface area (Å²) in [6.07, 6.45) is 2.78. The number of allylic oxidation sites excluding steroid dienone is 1. The molecule has 0 saturated carbocycles. The summed E-state index contributed by atoms with van der Waals surface area (Å²) in [5.74, 6) is -1.88. The fourth-order valence-electron chi connectivity index (χ4n) is 3.28. The Morgan fingerprint density at radius 1 is 1.20 bits per heavy atom. The molecule has 2 heterocycles. The zero-order chi connectivity index (χ0) is 21.6. The monoisotopic (exact) mass is 451 g/mol. The minimum atomic E-state index is -1.06. The Morgan fingerprint density at radius 3 is 2.63 bits per heavy atom. The van der Waals surface area contributed by atoms with Gasteiger partial charge in [-0.15, -0.1) is 0 Å². The molecule has 3 aromatic rings. The number of fused-ring (bicyclic) bond motifs is 1. The van der Waals surface area contributed by atoms with E-state index in [0.717, 1.165) is 10.6 Å². The van der Waals surface area contributed by atoms with Crippen LogP contribution in [0.3, 0.4) is 0 Å². The van der Waals surface area contributed by atoms with Gasteiger partial charge in [0.25, 0.3) is 0 Å². The van der Waals surface area contributed by atoms with Crippen molar-refractivity contribution in [2.24, 2.45) is 4.99 Å².